The third kappa shape index (κ3) is 2.86. The molecule has 0 aromatic heterocycles. The first-order chi connectivity index (χ1) is 12.6. The number of hydrogen-bond donors (Lipinski definition) is 0. The second-order valence-corrected chi connectivity index (χ2v) is 11.6. The van der Waals surface area contributed by atoms with Crippen LogP contribution in [0.3, 0.4) is 0 Å². The van der Waals surface area contributed by atoms with E-state index < -0.39 is 0 Å². The molecule has 27 heavy (non-hydrogen) atoms. The van der Waals surface area contributed by atoms with E-state index in [0.717, 1.165) is 25.0 Å². The summed E-state index contributed by atoms with van der Waals surface area (Å²) in [5.74, 6) is 1.68. The third-order valence-electron chi connectivity index (χ3n) is 10.5. The minimum atomic E-state index is 0.352. The predicted molar refractivity (Wildman–Crippen MR) is 109 cm³/mol. The molecule has 4 bridgehead atoms. The minimum Gasteiger partial charge on any atom is -0.377 e. The molecule has 6 atom stereocenters. The lowest BCUT2D eigenvalue weighted by atomic mass is 9.70. The van der Waals surface area contributed by atoms with E-state index in [1.807, 2.05) is 0 Å². The average Bonchev–Trinajstić information content (AvgIpc) is 3.12. The fraction of sp³-hybridized carbons (Fsp3) is 1.00. The number of rotatable bonds is 8. The summed E-state index contributed by atoms with van der Waals surface area (Å²) in [6, 6.07) is 0. The van der Waals surface area contributed by atoms with Crippen molar-refractivity contribution in [2.45, 2.75) is 92.3 Å². The first-order valence-electron chi connectivity index (χ1n) is 11.4. The third-order valence-corrected chi connectivity index (χ3v) is 10.5. The van der Waals surface area contributed by atoms with Gasteiger partial charge in [0.05, 0.1) is 38.6 Å². The van der Waals surface area contributed by atoms with E-state index in [1.165, 1.54) is 38.5 Å². The average molecular weight is 379 g/mol. The number of hydrogen-bond acceptors (Lipinski definition) is 3. The first-order valence-corrected chi connectivity index (χ1v) is 11.4. The molecule has 0 N–H and O–H groups in total. The standard InChI is InChI=1S/C24H42O3/c1-21(2)17-7-9-23(21,5)19(15-17)26-13-11-25-12-14-27-20-16-18-8-10-24(20,6)22(18,3)4/h17-20H,7-16H2,1-6H3/t17-,18-,19?,20?,23+,24+/m0/s1. The van der Waals surface area contributed by atoms with Crippen LogP contribution in [0.4, 0.5) is 0 Å². The molecule has 0 heterocycles. The Bertz CT molecular complexity index is 508. The Labute approximate surface area is 166 Å². The van der Waals surface area contributed by atoms with Crippen molar-refractivity contribution < 1.29 is 14.2 Å². The molecule has 156 valence electrons. The Balaban J connectivity index is 1.12. The fourth-order valence-corrected chi connectivity index (χ4v) is 7.37. The van der Waals surface area contributed by atoms with E-state index >= 15 is 0 Å². The van der Waals surface area contributed by atoms with Crippen LogP contribution in [0.2, 0.25) is 0 Å². The van der Waals surface area contributed by atoms with Gasteiger partial charge in [0.25, 0.3) is 0 Å². The lowest BCUT2D eigenvalue weighted by Crippen LogP contribution is -2.38. The van der Waals surface area contributed by atoms with Crippen LogP contribution < -0.4 is 0 Å². The largest absolute Gasteiger partial charge is 0.377 e. The molecule has 0 spiro atoms. The normalized spacial score (nSPS) is 46.4. The van der Waals surface area contributed by atoms with E-state index in [2.05, 4.69) is 41.5 Å². The summed E-state index contributed by atoms with van der Waals surface area (Å²) in [6.07, 6.45) is 8.73. The highest BCUT2D eigenvalue weighted by atomic mass is 16.5. The van der Waals surface area contributed by atoms with Gasteiger partial charge in [-0.25, -0.2) is 0 Å². The summed E-state index contributed by atoms with van der Waals surface area (Å²) in [4.78, 5) is 0. The van der Waals surface area contributed by atoms with Crippen molar-refractivity contribution in [1.82, 2.24) is 0 Å². The summed E-state index contributed by atoms with van der Waals surface area (Å²) in [6.45, 7) is 17.5. The predicted octanol–water partition coefficient (Wildman–Crippen LogP) is 5.47. The maximum Gasteiger partial charge on any atom is 0.0704 e. The zero-order chi connectivity index (χ0) is 19.5. The summed E-state index contributed by atoms with van der Waals surface area (Å²) in [7, 11) is 0. The molecule has 2 unspecified atom stereocenters. The van der Waals surface area contributed by atoms with Gasteiger partial charge in [0.1, 0.15) is 0 Å². The maximum atomic E-state index is 6.27. The van der Waals surface area contributed by atoms with Crippen molar-refractivity contribution in [3.05, 3.63) is 0 Å². The molecule has 0 aromatic carbocycles. The molecule has 4 fully saturated rings. The number of fused-ring (bicyclic) bond motifs is 4. The van der Waals surface area contributed by atoms with Crippen LogP contribution in [0.1, 0.15) is 80.1 Å². The highest BCUT2D eigenvalue weighted by Crippen LogP contribution is 2.67. The maximum absolute atomic E-state index is 6.27. The van der Waals surface area contributed by atoms with E-state index in [-0.39, 0.29) is 0 Å². The van der Waals surface area contributed by atoms with Crippen LogP contribution in [-0.2, 0) is 14.2 Å². The van der Waals surface area contributed by atoms with Crippen LogP contribution in [0, 0.1) is 33.5 Å². The lowest BCUT2D eigenvalue weighted by Gasteiger charge is -2.39. The second-order valence-electron chi connectivity index (χ2n) is 11.6. The van der Waals surface area contributed by atoms with Gasteiger partial charge >= 0.3 is 0 Å². The molecule has 4 aliphatic carbocycles. The summed E-state index contributed by atoms with van der Waals surface area (Å²) in [5.41, 5.74) is 1.56. The van der Waals surface area contributed by atoms with Crippen LogP contribution in [0.15, 0.2) is 0 Å². The summed E-state index contributed by atoms with van der Waals surface area (Å²) >= 11 is 0. The molecule has 0 radical (unpaired) electrons. The van der Waals surface area contributed by atoms with Crippen molar-refractivity contribution in [3.63, 3.8) is 0 Å². The van der Waals surface area contributed by atoms with Gasteiger partial charge in [-0.1, -0.05) is 41.5 Å². The lowest BCUT2D eigenvalue weighted by molar-refractivity contribution is -0.0835. The molecule has 0 amide bonds. The monoisotopic (exact) mass is 378 g/mol. The van der Waals surface area contributed by atoms with Crippen molar-refractivity contribution in [1.29, 1.82) is 0 Å². The second kappa shape index (κ2) is 6.71. The van der Waals surface area contributed by atoms with Gasteiger partial charge in [-0.2, -0.15) is 0 Å². The quantitative estimate of drug-likeness (QED) is 0.525. The zero-order valence-corrected chi connectivity index (χ0v) is 18.6. The SMILES string of the molecule is CC1(C)[C@H]2CC[C@]1(C)C(OCCOCCOC1C[C@@H]3CC[C@@]1(C)C3(C)C)C2. The Morgan fingerprint density at radius 1 is 0.630 bits per heavy atom. The van der Waals surface area contributed by atoms with Crippen molar-refractivity contribution in [2.75, 3.05) is 26.4 Å². The van der Waals surface area contributed by atoms with Crippen molar-refractivity contribution in [2.24, 2.45) is 33.5 Å². The molecule has 4 aliphatic rings. The summed E-state index contributed by atoms with van der Waals surface area (Å²) in [5, 5.41) is 0. The van der Waals surface area contributed by atoms with E-state index in [9.17, 15) is 0 Å². The smallest absolute Gasteiger partial charge is 0.0704 e. The molecule has 3 nitrogen and oxygen atoms in total. The zero-order valence-electron chi connectivity index (χ0n) is 18.6. The van der Waals surface area contributed by atoms with Gasteiger partial charge in [0, 0.05) is 0 Å². The van der Waals surface area contributed by atoms with Gasteiger partial charge in [-0.05, 0) is 72.0 Å². The van der Waals surface area contributed by atoms with Gasteiger partial charge < -0.3 is 14.2 Å². The van der Waals surface area contributed by atoms with E-state index in [4.69, 9.17) is 14.2 Å². The van der Waals surface area contributed by atoms with Crippen molar-refractivity contribution in [3.8, 4) is 0 Å². The van der Waals surface area contributed by atoms with Crippen LogP contribution >= 0.6 is 0 Å². The molecule has 4 saturated carbocycles. The highest BCUT2D eigenvalue weighted by molar-refractivity contribution is 5.12. The molecule has 3 heteroatoms. The minimum absolute atomic E-state index is 0.352. The molecule has 0 aliphatic heterocycles. The molecular weight excluding hydrogens is 336 g/mol. The van der Waals surface area contributed by atoms with Crippen LogP contribution in [0.25, 0.3) is 0 Å². The van der Waals surface area contributed by atoms with Gasteiger partial charge in [0.2, 0.25) is 0 Å². The summed E-state index contributed by atoms with van der Waals surface area (Å²) < 4.78 is 18.4. The Hall–Kier alpha value is -0.120. The van der Waals surface area contributed by atoms with E-state index in [0.29, 0.717) is 47.1 Å². The topological polar surface area (TPSA) is 27.7 Å². The first kappa shape index (κ1) is 20.2. The molecular formula is C24H42O3. The molecule has 0 saturated heterocycles. The molecule has 0 aromatic rings. The fourth-order valence-electron chi connectivity index (χ4n) is 7.37. The van der Waals surface area contributed by atoms with Crippen molar-refractivity contribution >= 4 is 0 Å². The van der Waals surface area contributed by atoms with Crippen LogP contribution in [0.5, 0.6) is 0 Å². The Morgan fingerprint density at radius 3 is 1.33 bits per heavy atom. The Kier molecular flexibility index (Phi) is 5.01. The number of ether oxygens (including phenoxy) is 3. The Morgan fingerprint density at radius 2 is 1.04 bits per heavy atom. The highest BCUT2D eigenvalue weighted by Gasteiger charge is 2.62. The van der Waals surface area contributed by atoms with Gasteiger partial charge in [-0.3, -0.25) is 0 Å². The van der Waals surface area contributed by atoms with Crippen LogP contribution in [-0.4, -0.2) is 38.6 Å². The van der Waals surface area contributed by atoms with Gasteiger partial charge in [0.15, 0.2) is 0 Å². The molecule has 4 rings (SSSR count). The van der Waals surface area contributed by atoms with Gasteiger partial charge in [-0.15, -0.1) is 0 Å². The van der Waals surface area contributed by atoms with E-state index in [1.54, 1.807) is 0 Å².